The highest BCUT2D eigenvalue weighted by Gasteiger charge is 2.23. The van der Waals surface area contributed by atoms with E-state index in [0.717, 1.165) is 12.0 Å². The molecule has 0 saturated heterocycles. The van der Waals surface area contributed by atoms with Crippen LogP contribution in [0.3, 0.4) is 0 Å². The molecule has 0 radical (unpaired) electrons. The van der Waals surface area contributed by atoms with Gasteiger partial charge >= 0.3 is 5.97 Å². The topological polar surface area (TPSA) is 72.5 Å². The minimum atomic E-state index is -3.91. The number of para-hydroxylation sites is 1. The van der Waals surface area contributed by atoms with Gasteiger partial charge in [-0.1, -0.05) is 44.2 Å². The lowest BCUT2D eigenvalue weighted by Gasteiger charge is -2.17. The Morgan fingerprint density at radius 2 is 1.75 bits per heavy atom. The van der Waals surface area contributed by atoms with Gasteiger partial charge in [0.05, 0.1) is 18.4 Å². The number of benzene rings is 2. The number of methoxy groups -OCH3 is 1. The molecule has 0 aliphatic heterocycles. The van der Waals surface area contributed by atoms with Gasteiger partial charge in [0, 0.05) is 0 Å². The third-order valence-corrected chi connectivity index (χ3v) is 5.35. The minimum absolute atomic E-state index is 0.00789. The lowest BCUT2D eigenvalue weighted by molar-refractivity contribution is 0.0596. The van der Waals surface area contributed by atoms with E-state index >= 15 is 0 Å². The Morgan fingerprint density at radius 3 is 2.42 bits per heavy atom. The summed E-state index contributed by atoms with van der Waals surface area (Å²) in [5.74, 6) is -0.481. The zero-order valence-electron chi connectivity index (χ0n) is 13.9. The van der Waals surface area contributed by atoms with Crippen LogP contribution in [-0.2, 0) is 14.8 Å². The molecular formula is C18H21NO4S. The van der Waals surface area contributed by atoms with Crippen molar-refractivity contribution < 1.29 is 17.9 Å². The predicted molar refractivity (Wildman–Crippen MR) is 93.7 cm³/mol. The number of ether oxygens (including phenoxy) is 1. The van der Waals surface area contributed by atoms with Crippen molar-refractivity contribution in [1.29, 1.82) is 0 Å². The molecule has 0 saturated carbocycles. The number of carbonyl (C=O) groups excluding carboxylic acids is 1. The lowest BCUT2D eigenvalue weighted by atomic mass is 9.97. The van der Waals surface area contributed by atoms with Gasteiger partial charge in [-0.05, 0) is 36.1 Å². The molecular weight excluding hydrogens is 326 g/mol. The molecule has 1 atom stereocenters. The molecule has 6 heteroatoms. The fraction of sp³-hybridized carbons (Fsp3) is 0.278. The van der Waals surface area contributed by atoms with Gasteiger partial charge in [-0.15, -0.1) is 0 Å². The van der Waals surface area contributed by atoms with Crippen LogP contribution in [0.25, 0.3) is 0 Å². The summed E-state index contributed by atoms with van der Waals surface area (Å²) in [7, 11) is -2.69. The van der Waals surface area contributed by atoms with Crippen LogP contribution in [-0.4, -0.2) is 21.5 Å². The van der Waals surface area contributed by atoms with E-state index in [9.17, 15) is 13.2 Å². The van der Waals surface area contributed by atoms with Crippen LogP contribution in [0, 0.1) is 0 Å². The SMILES string of the molecule is CC[C@H](C)c1ccccc1NS(=O)(=O)c1ccccc1C(=O)OC. The van der Waals surface area contributed by atoms with E-state index in [1.165, 1.54) is 19.2 Å². The molecule has 0 aliphatic rings. The van der Waals surface area contributed by atoms with E-state index in [-0.39, 0.29) is 16.4 Å². The second-order valence-corrected chi connectivity index (χ2v) is 7.14. The molecule has 0 aromatic heterocycles. The first-order chi connectivity index (χ1) is 11.4. The van der Waals surface area contributed by atoms with Gasteiger partial charge in [0.15, 0.2) is 0 Å². The van der Waals surface area contributed by atoms with Crippen molar-refractivity contribution in [2.75, 3.05) is 11.8 Å². The third kappa shape index (κ3) is 3.76. The monoisotopic (exact) mass is 347 g/mol. The van der Waals surface area contributed by atoms with Crippen LogP contribution in [0.1, 0.15) is 42.1 Å². The first-order valence-electron chi connectivity index (χ1n) is 7.69. The molecule has 5 nitrogen and oxygen atoms in total. The maximum atomic E-state index is 12.8. The van der Waals surface area contributed by atoms with Crippen molar-refractivity contribution in [3.63, 3.8) is 0 Å². The van der Waals surface area contributed by atoms with Gasteiger partial charge in [-0.25, -0.2) is 13.2 Å². The van der Waals surface area contributed by atoms with Crippen molar-refractivity contribution in [3.05, 3.63) is 59.7 Å². The maximum absolute atomic E-state index is 12.8. The van der Waals surface area contributed by atoms with Crippen molar-refractivity contribution in [2.24, 2.45) is 0 Å². The molecule has 0 bridgehead atoms. The van der Waals surface area contributed by atoms with Gasteiger partial charge in [-0.2, -0.15) is 0 Å². The van der Waals surface area contributed by atoms with Gasteiger partial charge < -0.3 is 4.74 Å². The smallest absolute Gasteiger partial charge is 0.339 e. The van der Waals surface area contributed by atoms with Crippen LogP contribution in [0.4, 0.5) is 5.69 Å². The molecule has 1 N–H and O–H groups in total. The van der Waals surface area contributed by atoms with E-state index in [2.05, 4.69) is 9.46 Å². The highest BCUT2D eigenvalue weighted by Crippen LogP contribution is 2.29. The molecule has 0 amide bonds. The fourth-order valence-electron chi connectivity index (χ4n) is 2.42. The number of hydrogen-bond donors (Lipinski definition) is 1. The molecule has 0 spiro atoms. The number of esters is 1. The van der Waals surface area contributed by atoms with E-state index < -0.39 is 16.0 Å². The zero-order chi connectivity index (χ0) is 17.7. The maximum Gasteiger partial charge on any atom is 0.339 e. The zero-order valence-corrected chi connectivity index (χ0v) is 14.8. The summed E-state index contributed by atoms with van der Waals surface area (Å²) in [6.45, 7) is 4.08. The number of hydrogen-bond acceptors (Lipinski definition) is 4. The Hall–Kier alpha value is -2.34. The van der Waals surface area contributed by atoms with Crippen LogP contribution < -0.4 is 4.72 Å². The fourth-order valence-corrected chi connectivity index (χ4v) is 3.70. The van der Waals surface area contributed by atoms with E-state index in [0.29, 0.717) is 5.69 Å². The lowest BCUT2D eigenvalue weighted by Crippen LogP contribution is -2.18. The molecule has 0 aliphatic carbocycles. The molecule has 0 fully saturated rings. The summed E-state index contributed by atoms with van der Waals surface area (Å²) < 4.78 is 32.8. The molecule has 2 rings (SSSR count). The normalized spacial score (nSPS) is 12.5. The molecule has 0 heterocycles. The van der Waals surface area contributed by atoms with Crippen molar-refractivity contribution in [3.8, 4) is 0 Å². The second kappa shape index (κ2) is 7.49. The summed E-state index contributed by atoms with van der Waals surface area (Å²) in [5.41, 5.74) is 1.44. The summed E-state index contributed by atoms with van der Waals surface area (Å²) in [6.07, 6.45) is 0.886. The van der Waals surface area contributed by atoms with Crippen molar-refractivity contribution >= 4 is 21.7 Å². The highest BCUT2D eigenvalue weighted by atomic mass is 32.2. The van der Waals surface area contributed by atoms with Crippen LogP contribution in [0.15, 0.2) is 53.4 Å². The highest BCUT2D eigenvalue weighted by molar-refractivity contribution is 7.92. The second-order valence-electron chi connectivity index (χ2n) is 5.49. The number of sulfonamides is 1. The van der Waals surface area contributed by atoms with Crippen LogP contribution in [0.2, 0.25) is 0 Å². The van der Waals surface area contributed by atoms with Gasteiger partial charge in [0.1, 0.15) is 4.90 Å². The standard InChI is InChI=1S/C18H21NO4S/c1-4-13(2)14-9-5-7-11-16(14)19-24(21,22)17-12-8-6-10-15(17)18(20)23-3/h5-13,19H,4H2,1-3H3/t13-/m0/s1. The van der Waals surface area contributed by atoms with Gasteiger partial charge in [0.25, 0.3) is 10.0 Å². The Labute approximate surface area is 142 Å². The molecule has 128 valence electrons. The molecule has 0 unspecified atom stereocenters. The number of carbonyl (C=O) groups is 1. The third-order valence-electron chi connectivity index (χ3n) is 3.93. The Kier molecular flexibility index (Phi) is 5.62. The van der Waals surface area contributed by atoms with E-state index in [1.807, 2.05) is 26.0 Å². The van der Waals surface area contributed by atoms with Crippen LogP contribution >= 0.6 is 0 Å². The summed E-state index contributed by atoms with van der Waals surface area (Å²) in [5, 5.41) is 0. The Bertz CT molecular complexity index is 830. The summed E-state index contributed by atoms with van der Waals surface area (Å²) in [4.78, 5) is 11.7. The van der Waals surface area contributed by atoms with Crippen molar-refractivity contribution in [1.82, 2.24) is 0 Å². The van der Waals surface area contributed by atoms with Crippen molar-refractivity contribution in [2.45, 2.75) is 31.1 Å². The summed E-state index contributed by atoms with van der Waals surface area (Å²) >= 11 is 0. The number of rotatable bonds is 6. The number of anilines is 1. The van der Waals surface area contributed by atoms with E-state index in [4.69, 9.17) is 0 Å². The van der Waals surface area contributed by atoms with E-state index in [1.54, 1.807) is 24.3 Å². The first-order valence-corrected chi connectivity index (χ1v) is 9.18. The van der Waals surface area contributed by atoms with Gasteiger partial charge in [-0.3, -0.25) is 4.72 Å². The summed E-state index contributed by atoms with van der Waals surface area (Å²) in [6, 6.07) is 13.3. The Morgan fingerprint density at radius 1 is 1.12 bits per heavy atom. The average molecular weight is 347 g/mol. The minimum Gasteiger partial charge on any atom is -0.465 e. The van der Waals surface area contributed by atoms with Gasteiger partial charge in [0.2, 0.25) is 0 Å². The first kappa shape index (κ1) is 18.0. The van der Waals surface area contributed by atoms with Crippen LogP contribution in [0.5, 0.6) is 0 Å². The quantitative estimate of drug-likeness (QED) is 0.807. The molecule has 24 heavy (non-hydrogen) atoms. The largest absolute Gasteiger partial charge is 0.465 e. The predicted octanol–water partition coefficient (Wildman–Crippen LogP) is 3.79. The number of nitrogens with one attached hydrogen (secondary N) is 1. The average Bonchev–Trinajstić information content (AvgIpc) is 2.60. The Balaban J connectivity index is 2.46. The molecule has 2 aromatic carbocycles. The molecule has 2 aromatic rings.